The highest BCUT2D eigenvalue weighted by Crippen LogP contribution is 2.17. The highest BCUT2D eigenvalue weighted by atomic mass is 32.1. The number of thiocarbonyl (C=S) groups is 1. The summed E-state index contributed by atoms with van der Waals surface area (Å²) in [7, 11) is 0. The third kappa shape index (κ3) is 2.46. The Morgan fingerprint density at radius 1 is 1.38 bits per heavy atom. The van der Waals surface area contributed by atoms with Gasteiger partial charge in [-0.2, -0.15) is 5.10 Å². The van der Waals surface area contributed by atoms with E-state index >= 15 is 0 Å². The first-order valence-corrected chi connectivity index (χ1v) is 5.39. The molecule has 0 radical (unpaired) electrons. The van der Waals surface area contributed by atoms with Gasteiger partial charge < -0.3 is 5.11 Å². The molecule has 0 saturated heterocycles. The number of rotatable bonds is 1. The van der Waals surface area contributed by atoms with Gasteiger partial charge in [-0.1, -0.05) is 24.4 Å². The van der Waals surface area contributed by atoms with Gasteiger partial charge in [-0.25, -0.2) is 0 Å². The fraction of sp³-hybridized carbons (Fsp3) is 0.167. The summed E-state index contributed by atoms with van der Waals surface area (Å²) < 4.78 is 0. The number of hydrogen-bond donors (Lipinski definition) is 2. The van der Waals surface area contributed by atoms with E-state index in [1.165, 1.54) is 0 Å². The summed E-state index contributed by atoms with van der Waals surface area (Å²) in [5, 5.41) is 13.3. The topological polar surface area (TPSA) is 44.6 Å². The zero-order chi connectivity index (χ0) is 11.5. The van der Waals surface area contributed by atoms with Gasteiger partial charge in [0.25, 0.3) is 0 Å². The average Bonchev–Trinajstić information content (AvgIpc) is 2.27. The molecule has 0 amide bonds. The quantitative estimate of drug-likeness (QED) is 0.731. The number of benzene rings is 1. The maximum absolute atomic E-state index is 9.18. The standard InChI is InChI=1S/C12H12N2OS/c1-8-10(7-12(16)14-13-8)6-9-2-4-11(15)5-3-9/h2-6,15H,7H2,1H3,(H,14,16). The van der Waals surface area contributed by atoms with E-state index in [0.29, 0.717) is 6.42 Å². The Kier molecular flexibility index (Phi) is 3.01. The summed E-state index contributed by atoms with van der Waals surface area (Å²) in [6, 6.07) is 7.05. The van der Waals surface area contributed by atoms with Gasteiger partial charge in [0, 0.05) is 6.42 Å². The lowest BCUT2D eigenvalue weighted by atomic mass is 10.0. The molecular weight excluding hydrogens is 220 g/mol. The number of aromatic hydroxyl groups is 1. The zero-order valence-electron chi connectivity index (χ0n) is 8.90. The molecule has 2 N–H and O–H groups in total. The Morgan fingerprint density at radius 3 is 2.75 bits per heavy atom. The van der Waals surface area contributed by atoms with Crippen LogP contribution in [0, 0.1) is 0 Å². The zero-order valence-corrected chi connectivity index (χ0v) is 9.71. The van der Waals surface area contributed by atoms with Crippen molar-refractivity contribution in [3.8, 4) is 5.75 Å². The van der Waals surface area contributed by atoms with Gasteiger partial charge in [-0.15, -0.1) is 0 Å². The van der Waals surface area contributed by atoms with Crippen LogP contribution in [-0.4, -0.2) is 15.8 Å². The Hall–Kier alpha value is -1.68. The second-order valence-corrected chi connectivity index (χ2v) is 4.16. The largest absolute Gasteiger partial charge is 0.508 e. The molecule has 4 heteroatoms. The molecule has 82 valence electrons. The molecule has 3 nitrogen and oxygen atoms in total. The highest BCUT2D eigenvalue weighted by Gasteiger charge is 2.10. The van der Waals surface area contributed by atoms with E-state index in [2.05, 4.69) is 10.5 Å². The normalized spacial score (nSPS) is 18.2. The van der Waals surface area contributed by atoms with Gasteiger partial charge >= 0.3 is 0 Å². The van der Waals surface area contributed by atoms with Crippen molar-refractivity contribution in [2.45, 2.75) is 13.3 Å². The molecule has 0 unspecified atom stereocenters. The van der Waals surface area contributed by atoms with Crippen LogP contribution in [0.15, 0.2) is 34.9 Å². The molecule has 0 saturated carbocycles. The second-order valence-electron chi connectivity index (χ2n) is 3.67. The van der Waals surface area contributed by atoms with Crippen molar-refractivity contribution >= 4 is 29.0 Å². The third-order valence-corrected chi connectivity index (χ3v) is 2.63. The molecule has 16 heavy (non-hydrogen) atoms. The number of nitrogens with zero attached hydrogens (tertiary/aromatic N) is 1. The smallest absolute Gasteiger partial charge is 0.115 e. The molecule has 0 aromatic heterocycles. The molecule has 0 bridgehead atoms. The monoisotopic (exact) mass is 232 g/mol. The Morgan fingerprint density at radius 2 is 2.06 bits per heavy atom. The first-order valence-electron chi connectivity index (χ1n) is 4.98. The second kappa shape index (κ2) is 4.45. The Bertz CT molecular complexity index is 474. The minimum absolute atomic E-state index is 0.272. The first-order chi connectivity index (χ1) is 7.65. The molecule has 1 aliphatic rings. The van der Waals surface area contributed by atoms with Crippen LogP contribution in [0.5, 0.6) is 5.75 Å². The van der Waals surface area contributed by atoms with Crippen LogP contribution in [0.4, 0.5) is 0 Å². The van der Waals surface area contributed by atoms with Crippen LogP contribution in [-0.2, 0) is 0 Å². The Balaban J connectivity index is 2.29. The van der Waals surface area contributed by atoms with Crippen LogP contribution in [0.25, 0.3) is 6.08 Å². The van der Waals surface area contributed by atoms with E-state index in [1.807, 2.05) is 25.1 Å². The van der Waals surface area contributed by atoms with Gasteiger partial charge in [0.15, 0.2) is 0 Å². The highest BCUT2D eigenvalue weighted by molar-refractivity contribution is 7.80. The van der Waals surface area contributed by atoms with Gasteiger partial charge in [0.1, 0.15) is 10.7 Å². The molecular formula is C12H12N2OS. The van der Waals surface area contributed by atoms with Crippen molar-refractivity contribution in [1.29, 1.82) is 0 Å². The fourth-order valence-electron chi connectivity index (χ4n) is 1.49. The molecule has 1 aromatic carbocycles. The molecule has 0 atom stereocenters. The van der Waals surface area contributed by atoms with Gasteiger partial charge in [0.2, 0.25) is 0 Å². The van der Waals surface area contributed by atoms with E-state index in [-0.39, 0.29) is 5.75 Å². The number of hydrogen-bond acceptors (Lipinski definition) is 3. The lowest BCUT2D eigenvalue weighted by molar-refractivity contribution is 0.475. The van der Waals surface area contributed by atoms with E-state index in [9.17, 15) is 5.11 Å². The third-order valence-electron chi connectivity index (χ3n) is 2.40. The summed E-state index contributed by atoms with van der Waals surface area (Å²) in [6.45, 7) is 1.95. The van der Waals surface area contributed by atoms with Gasteiger partial charge in [0.05, 0.1) is 5.71 Å². The van der Waals surface area contributed by atoms with Crippen LogP contribution in [0.1, 0.15) is 18.9 Å². The van der Waals surface area contributed by atoms with Crippen molar-refractivity contribution in [2.24, 2.45) is 5.10 Å². The van der Waals surface area contributed by atoms with Crippen LogP contribution < -0.4 is 5.43 Å². The van der Waals surface area contributed by atoms with Crippen LogP contribution in [0.3, 0.4) is 0 Å². The maximum atomic E-state index is 9.18. The number of nitrogens with one attached hydrogen (secondary N) is 1. The van der Waals surface area contributed by atoms with Crippen LogP contribution in [0.2, 0.25) is 0 Å². The van der Waals surface area contributed by atoms with Crippen molar-refractivity contribution in [3.05, 3.63) is 35.4 Å². The van der Waals surface area contributed by atoms with Crippen molar-refractivity contribution in [1.82, 2.24) is 5.43 Å². The Labute approximate surface area is 99.5 Å². The molecule has 0 fully saturated rings. The molecule has 1 heterocycles. The van der Waals surface area contributed by atoms with Crippen molar-refractivity contribution in [3.63, 3.8) is 0 Å². The number of phenolic OH excluding ortho intramolecular Hbond substituents is 1. The molecule has 0 aliphatic carbocycles. The van der Waals surface area contributed by atoms with E-state index < -0.39 is 0 Å². The number of hydrazone groups is 1. The first kappa shape index (κ1) is 10.8. The summed E-state index contributed by atoms with van der Waals surface area (Å²) in [4.78, 5) is 0.732. The SMILES string of the molecule is CC1=NNC(=S)CC1=Cc1ccc(O)cc1. The summed E-state index contributed by atoms with van der Waals surface area (Å²) in [5.74, 6) is 0.272. The lowest BCUT2D eigenvalue weighted by Crippen LogP contribution is -2.24. The summed E-state index contributed by atoms with van der Waals surface area (Å²) in [6.07, 6.45) is 2.75. The van der Waals surface area contributed by atoms with Gasteiger partial charge in [-0.05, 0) is 36.3 Å². The van der Waals surface area contributed by atoms with Crippen LogP contribution >= 0.6 is 12.2 Å². The van der Waals surface area contributed by atoms with Gasteiger partial charge in [-0.3, -0.25) is 5.43 Å². The molecule has 0 spiro atoms. The molecule has 1 aliphatic heterocycles. The lowest BCUT2D eigenvalue weighted by Gasteiger charge is -2.14. The minimum Gasteiger partial charge on any atom is -0.508 e. The summed E-state index contributed by atoms with van der Waals surface area (Å²) >= 11 is 5.07. The van der Waals surface area contributed by atoms with E-state index in [4.69, 9.17) is 12.2 Å². The molecule has 1 aromatic rings. The van der Waals surface area contributed by atoms with E-state index in [1.54, 1.807) is 12.1 Å². The molecule has 2 rings (SSSR count). The fourth-order valence-corrected chi connectivity index (χ4v) is 1.69. The minimum atomic E-state index is 0.272. The predicted molar refractivity (Wildman–Crippen MR) is 69.5 cm³/mol. The average molecular weight is 232 g/mol. The van der Waals surface area contributed by atoms with Crippen molar-refractivity contribution in [2.75, 3.05) is 0 Å². The van der Waals surface area contributed by atoms with Crippen molar-refractivity contribution < 1.29 is 5.11 Å². The maximum Gasteiger partial charge on any atom is 0.115 e. The predicted octanol–water partition coefficient (Wildman–Crippen LogP) is 2.47. The number of phenols is 1. The summed E-state index contributed by atoms with van der Waals surface area (Å²) in [5.41, 5.74) is 5.88. The van der Waals surface area contributed by atoms with E-state index in [0.717, 1.165) is 21.8 Å².